The molecule has 1 aromatic carbocycles. The van der Waals surface area contributed by atoms with Gasteiger partial charge in [0.2, 0.25) is 11.7 Å². The van der Waals surface area contributed by atoms with Gasteiger partial charge in [0.25, 0.3) is 5.92 Å². The Balaban J connectivity index is 1.28. The van der Waals surface area contributed by atoms with Gasteiger partial charge in [-0.25, -0.2) is 8.78 Å². The lowest BCUT2D eigenvalue weighted by Crippen LogP contribution is -2.69. The van der Waals surface area contributed by atoms with Crippen molar-refractivity contribution in [3.63, 3.8) is 0 Å². The molecule has 6 rings (SSSR count). The maximum Gasteiger partial charge on any atom is 0.268 e. The monoisotopic (exact) mass is 518 g/mol. The number of ether oxygens (including phenoxy) is 3. The molecule has 4 saturated carbocycles. The predicted octanol–water partition coefficient (Wildman–Crippen LogP) is 3.24. The lowest BCUT2D eigenvalue weighted by molar-refractivity contribution is -0.133. The van der Waals surface area contributed by atoms with Gasteiger partial charge < -0.3 is 29.7 Å². The van der Waals surface area contributed by atoms with Crippen molar-refractivity contribution in [2.45, 2.75) is 74.5 Å². The molecule has 0 spiro atoms. The Morgan fingerprint density at radius 3 is 2.16 bits per heavy atom. The number of carbonyl (C=O) groups is 1. The van der Waals surface area contributed by atoms with E-state index in [9.17, 15) is 18.8 Å². The predicted molar refractivity (Wildman–Crippen MR) is 132 cm³/mol. The molecule has 10 heteroatoms. The maximum absolute atomic E-state index is 13.9. The average Bonchev–Trinajstić information content (AvgIpc) is 3.19. The molecule has 0 radical (unpaired) electrons. The second-order valence-electron chi connectivity index (χ2n) is 11.5. The first kappa shape index (κ1) is 26.0. The number of carbonyl (C=O) groups excluding carboxylic acids is 1. The number of methoxy groups -OCH3 is 3. The zero-order chi connectivity index (χ0) is 26.4. The number of hydrogen-bond donors (Lipinski definition) is 2. The van der Waals surface area contributed by atoms with Crippen LogP contribution in [-0.2, 0) is 11.3 Å². The van der Waals surface area contributed by atoms with Crippen LogP contribution in [0.25, 0.3) is 0 Å². The Hall–Kier alpha value is -2.64. The Bertz CT molecular complexity index is 1050. The smallest absolute Gasteiger partial charge is 0.268 e. The molecule has 0 aromatic heterocycles. The van der Waals surface area contributed by atoms with Crippen LogP contribution in [-0.4, -0.2) is 68.3 Å². The molecule has 1 amide bonds. The normalized spacial score (nSPS) is 33.3. The third kappa shape index (κ3) is 4.96. The third-order valence-corrected chi connectivity index (χ3v) is 8.81. The number of nitrogens with zero attached hydrogens (tertiary/aromatic N) is 2. The van der Waals surface area contributed by atoms with E-state index in [-0.39, 0.29) is 17.6 Å². The molecule has 2 N–H and O–H groups in total. The first-order valence-corrected chi connectivity index (χ1v) is 13.0. The van der Waals surface area contributed by atoms with E-state index in [1.54, 1.807) is 21.3 Å². The Kier molecular flexibility index (Phi) is 6.73. The molecule has 1 saturated heterocycles. The molecule has 1 aromatic rings. The van der Waals surface area contributed by atoms with Gasteiger partial charge in [-0.15, -0.1) is 0 Å². The lowest BCUT2D eigenvalue weighted by atomic mass is 9.50. The lowest BCUT2D eigenvalue weighted by Gasteiger charge is -2.62. The van der Waals surface area contributed by atoms with E-state index < -0.39 is 30.8 Å². The van der Waals surface area contributed by atoms with E-state index in [0.29, 0.717) is 35.6 Å². The summed E-state index contributed by atoms with van der Waals surface area (Å²) in [6.07, 6.45) is 5.63. The van der Waals surface area contributed by atoms with Crippen LogP contribution in [0.2, 0.25) is 0 Å². The van der Waals surface area contributed by atoms with E-state index in [0.717, 1.165) is 42.6 Å². The van der Waals surface area contributed by atoms with Crippen molar-refractivity contribution in [3.8, 4) is 23.3 Å². The van der Waals surface area contributed by atoms with E-state index in [2.05, 4.69) is 10.6 Å². The number of benzene rings is 1. The number of alkyl halides is 2. The molecule has 2 unspecified atom stereocenters. The molecule has 1 aliphatic heterocycles. The molecule has 4 aliphatic carbocycles. The molecule has 5 aliphatic rings. The van der Waals surface area contributed by atoms with E-state index in [1.165, 1.54) is 6.42 Å². The van der Waals surface area contributed by atoms with Crippen molar-refractivity contribution in [2.75, 3.05) is 34.4 Å². The average molecular weight is 519 g/mol. The zero-order valence-corrected chi connectivity index (χ0v) is 21.7. The van der Waals surface area contributed by atoms with Crippen molar-refractivity contribution < 1.29 is 27.8 Å². The summed E-state index contributed by atoms with van der Waals surface area (Å²) in [4.78, 5) is 13.9. The molecule has 8 nitrogen and oxygen atoms in total. The summed E-state index contributed by atoms with van der Waals surface area (Å²) in [6.45, 7) is -0.0567. The first-order valence-electron chi connectivity index (χ1n) is 13.0. The summed E-state index contributed by atoms with van der Waals surface area (Å²) in [5.41, 5.74) is 0.767. The maximum atomic E-state index is 13.9. The highest BCUT2D eigenvalue weighted by atomic mass is 19.3. The number of nitriles is 1. The molecular weight excluding hydrogens is 482 g/mol. The van der Waals surface area contributed by atoms with Crippen LogP contribution in [0.4, 0.5) is 8.78 Å². The molecule has 37 heavy (non-hydrogen) atoms. The van der Waals surface area contributed by atoms with Crippen molar-refractivity contribution >= 4 is 5.91 Å². The van der Waals surface area contributed by atoms with Gasteiger partial charge in [-0.05, 0) is 68.1 Å². The van der Waals surface area contributed by atoms with Crippen molar-refractivity contribution in [2.24, 2.45) is 11.8 Å². The van der Waals surface area contributed by atoms with Crippen LogP contribution in [0.5, 0.6) is 17.2 Å². The van der Waals surface area contributed by atoms with Crippen LogP contribution in [0.15, 0.2) is 12.1 Å². The quantitative estimate of drug-likeness (QED) is 0.518. The van der Waals surface area contributed by atoms with Crippen LogP contribution >= 0.6 is 0 Å². The fourth-order valence-corrected chi connectivity index (χ4v) is 7.76. The minimum absolute atomic E-state index is 0.0172. The SMILES string of the molecule is COc1cc(CNC23CC4CC(CC(NCC(=O)N5CC(F)(F)C[C@H]5C#N)(C4)C2)C3)cc(OC)c1OC. The Labute approximate surface area is 216 Å². The van der Waals surface area contributed by atoms with Gasteiger partial charge in [-0.3, -0.25) is 4.79 Å². The standard InChI is InChI=1S/C27H36F2N4O4/c1-35-21-5-17(6-22(36-2)24(21)37-3)13-31-25-7-18-4-19(8-25)10-26(9-18,15-25)32-14-23(34)33-16-27(28,29)11-20(33)12-30/h5-6,18-20,31-32H,4,7-11,13-16H2,1-3H3/t18?,19?,20-,25?,26?/m0/s1. The molecule has 3 atom stereocenters. The van der Waals surface area contributed by atoms with Gasteiger partial charge in [-0.2, -0.15) is 5.26 Å². The van der Waals surface area contributed by atoms with Gasteiger partial charge in [0.05, 0.1) is 40.5 Å². The first-order chi connectivity index (χ1) is 17.6. The molecule has 4 bridgehead atoms. The highest BCUT2D eigenvalue weighted by Gasteiger charge is 2.57. The molecule has 1 heterocycles. The fraction of sp³-hybridized carbons (Fsp3) is 0.704. The highest BCUT2D eigenvalue weighted by Crippen LogP contribution is 2.57. The summed E-state index contributed by atoms with van der Waals surface area (Å²) in [7, 11) is 4.79. The zero-order valence-electron chi connectivity index (χ0n) is 21.7. The van der Waals surface area contributed by atoms with Gasteiger partial charge in [0.1, 0.15) is 6.04 Å². The van der Waals surface area contributed by atoms with Crippen LogP contribution in [0, 0.1) is 23.2 Å². The van der Waals surface area contributed by atoms with Gasteiger partial charge >= 0.3 is 0 Å². The largest absolute Gasteiger partial charge is 0.493 e. The van der Waals surface area contributed by atoms with Crippen LogP contribution in [0.3, 0.4) is 0 Å². The minimum atomic E-state index is -3.00. The van der Waals surface area contributed by atoms with Crippen molar-refractivity contribution in [1.29, 1.82) is 5.26 Å². The number of halogens is 2. The molecular formula is C27H36F2N4O4. The van der Waals surface area contributed by atoms with Crippen molar-refractivity contribution in [1.82, 2.24) is 15.5 Å². The van der Waals surface area contributed by atoms with E-state index in [1.807, 2.05) is 18.2 Å². The summed E-state index contributed by atoms with van der Waals surface area (Å²) >= 11 is 0. The fourth-order valence-electron chi connectivity index (χ4n) is 7.76. The van der Waals surface area contributed by atoms with Crippen LogP contribution < -0.4 is 24.8 Å². The second-order valence-corrected chi connectivity index (χ2v) is 11.5. The topological polar surface area (TPSA) is 95.9 Å². The van der Waals surface area contributed by atoms with Crippen molar-refractivity contribution in [3.05, 3.63) is 17.7 Å². The van der Waals surface area contributed by atoms with Crippen LogP contribution in [0.1, 0.15) is 50.5 Å². The third-order valence-electron chi connectivity index (χ3n) is 8.81. The number of likely N-dealkylation sites (tertiary alicyclic amines) is 1. The van der Waals surface area contributed by atoms with Gasteiger partial charge in [0.15, 0.2) is 11.5 Å². The molecule has 202 valence electrons. The van der Waals surface area contributed by atoms with Gasteiger partial charge in [-0.1, -0.05) is 0 Å². The number of amides is 1. The second kappa shape index (κ2) is 9.59. The highest BCUT2D eigenvalue weighted by molar-refractivity contribution is 5.79. The summed E-state index contributed by atoms with van der Waals surface area (Å²) in [6, 6.07) is 4.72. The summed E-state index contributed by atoms with van der Waals surface area (Å²) in [5.74, 6) is -0.520. The summed E-state index contributed by atoms with van der Waals surface area (Å²) < 4.78 is 44.2. The minimum Gasteiger partial charge on any atom is -0.493 e. The van der Waals surface area contributed by atoms with E-state index in [4.69, 9.17) is 14.2 Å². The van der Waals surface area contributed by atoms with Gasteiger partial charge in [0, 0.05) is 24.0 Å². The molecule has 5 fully saturated rings. The summed E-state index contributed by atoms with van der Waals surface area (Å²) in [5, 5.41) is 16.6. The number of rotatable bonds is 9. The Morgan fingerprint density at radius 1 is 1.03 bits per heavy atom. The van der Waals surface area contributed by atoms with E-state index >= 15 is 0 Å². The Morgan fingerprint density at radius 2 is 1.62 bits per heavy atom. The number of hydrogen-bond acceptors (Lipinski definition) is 7. The number of nitrogens with one attached hydrogen (secondary N) is 2.